The molecule has 2 heterocycles. The summed E-state index contributed by atoms with van der Waals surface area (Å²) in [6.45, 7) is 7.98. The average molecular weight is 599 g/mol. The van der Waals surface area contributed by atoms with Crippen molar-refractivity contribution in [2.75, 3.05) is 9.80 Å². The van der Waals surface area contributed by atoms with Gasteiger partial charge in [-0.3, -0.25) is 19.2 Å². The molecule has 0 unspecified atom stereocenters. The average Bonchev–Trinajstić information content (AvgIpc) is 3.05. The summed E-state index contributed by atoms with van der Waals surface area (Å²) in [6, 6.07) is 25.6. The summed E-state index contributed by atoms with van der Waals surface area (Å²) >= 11 is 0. The fourth-order valence-electron chi connectivity index (χ4n) is 8.06. The van der Waals surface area contributed by atoms with Gasteiger partial charge in [-0.05, 0) is 131 Å². The molecule has 0 radical (unpaired) electrons. The first-order valence-electron chi connectivity index (χ1n) is 15.3. The number of rotatable bonds is 2. The van der Waals surface area contributed by atoms with Crippen LogP contribution in [0.1, 0.15) is 63.7 Å². The molecule has 7 aromatic rings. The van der Waals surface area contributed by atoms with Gasteiger partial charge in [0, 0.05) is 33.0 Å². The molecule has 6 heteroatoms. The van der Waals surface area contributed by atoms with Gasteiger partial charge in [-0.25, -0.2) is 9.80 Å². The molecule has 0 bridgehead atoms. The van der Waals surface area contributed by atoms with Gasteiger partial charge < -0.3 is 0 Å². The molecule has 4 amide bonds. The number of nitrogens with zero attached hydrogens (tertiary/aromatic N) is 2. The smallest absolute Gasteiger partial charge is 0.265 e. The van der Waals surface area contributed by atoms with Crippen LogP contribution < -0.4 is 9.80 Å². The predicted molar refractivity (Wildman–Crippen MR) is 182 cm³/mol. The summed E-state index contributed by atoms with van der Waals surface area (Å²) in [7, 11) is 0. The number of benzene rings is 7. The Hall–Kier alpha value is -5.88. The zero-order valence-electron chi connectivity index (χ0n) is 25.6. The van der Waals surface area contributed by atoms with Crippen molar-refractivity contribution in [3.63, 3.8) is 0 Å². The second-order valence-electron chi connectivity index (χ2n) is 12.5. The van der Waals surface area contributed by atoms with Gasteiger partial charge in [-0.15, -0.1) is 0 Å². The Morgan fingerprint density at radius 1 is 0.348 bits per heavy atom. The first-order valence-corrected chi connectivity index (χ1v) is 15.3. The highest BCUT2D eigenvalue weighted by Crippen LogP contribution is 2.50. The number of anilines is 2. The quantitative estimate of drug-likeness (QED) is 0.114. The molecule has 9 rings (SSSR count). The maximum atomic E-state index is 14.1. The van der Waals surface area contributed by atoms with Crippen LogP contribution in [0.25, 0.3) is 43.1 Å². The molecule has 6 nitrogen and oxygen atoms in total. The monoisotopic (exact) mass is 598 g/mol. The molecule has 0 saturated carbocycles. The van der Waals surface area contributed by atoms with Crippen LogP contribution in [0.3, 0.4) is 0 Å². The van der Waals surface area contributed by atoms with E-state index in [4.69, 9.17) is 0 Å². The van der Waals surface area contributed by atoms with Gasteiger partial charge in [0.25, 0.3) is 23.6 Å². The van der Waals surface area contributed by atoms with Crippen molar-refractivity contribution in [3.05, 3.63) is 129 Å². The van der Waals surface area contributed by atoms with E-state index in [-0.39, 0.29) is 23.6 Å². The molecule has 0 saturated heterocycles. The Bertz CT molecular complexity index is 2270. The Morgan fingerprint density at radius 2 is 0.609 bits per heavy atom. The molecule has 7 aromatic carbocycles. The topological polar surface area (TPSA) is 74.8 Å². The van der Waals surface area contributed by atoms with Gasteiger partial charge in [-0.1, -0.05) is 36.4 Å². The lowest BCUT2D eigenvalue weighted by atomic mass is 9.77. The molecular formula is C40H26N2O4. The minimum absolute atomic E-state index is 0.352. The minimum Gasteiger partial charge on any atom is -0.268 e. The van der Waals surface area contributed by atoms with Crippen LogP contribution in [0.15, 0.2) is 84.9 Å². The molecule has 0 spiro atoms. The maximum absolute atomic E-state index is 14.1. The van der Waals surface area contributed by atoms with Crippen molar-refractivity contribution >= 4 is 78.1 Å². The second-order valence-corrected chi connectivity index (χ2v) is 12.5. The predicted octanol–water partition coefficient (Wildman–Crippen LogP) is 8.57. The minimum atomic E-state index is -0.352. The molecule has 0 aliphatic carbocycles. The highest BCUT2D eigenvalue weighted by molar-refractivity contribution is 6.46. The zero-order valence-corrected chi connectivity index (χ0v) is 25.6. The van der Waals surface area contributed by atoms with E-state index in [1.165, 1.54) is 9.80 Å². The Labute approximate surface area is 263 Å². The van der Waals surface area contributed by atoms with Crippen molar-refractivity contribution < 1.29 is 19.2 Å². The fourth-order valence-corrected chi connectivity index (χ4v) is 8.06. The highest BCUT2D eigenvalue weighted by atomic mass is 16.2. The van der Waals surface area contributed by atoms with Gasteiger partial charge in [0.05, 0.1) is 11.4 Å². The largest absolute Gasteiger partial charge is 0.268 e. The number of hydrogen-bond acceptors (Lipinski definition) is 4. The van der Waals surface area contributed by atoms with Gasteiger partial charge in [0.2, 0.25) is 0 Å². The van der Waals surface area contributed by atoms with Crippen molar-refractivity contribution in [1.29, 1.82) is 0 Å². The highest BCUT2D eigenvalue weighted by Gasteiger charge is 2.39. The molecular weight excluding hydrogens is 572 g/mol. The fraction of sp³-hybridized carbons (Fsp3) is 0.100. The standard InChI is InChI=1S/C40H26N2O4/c1-19-15-25-33-26(38(44)41(37(25)43)23-11-7-5-8-12-23)17-21(3)31-32-22(4)18-28-34-27(16-20(2)30(36(32)34)29(19)35(31)33)39(45)42(40(28)46)24-13-9-6-10-14-24/h5-18H,1-4H3. The molecule has 0 aromatic heterocycles. The van der Waals surface area contributed by atoms with Crippen LogP contribution in [0, 0.1) is 27.7 Å². The SMILES string of the molecule is Cc1cc2c3c(cc(C)c4c5c(C)cc6c7c(cc(C)c(c1c34)c75)C(=O)N(c1ccccc1)C6=O)C(=O)N(c1ccccc1)C2=O. The summed E-state index contributed by atoms with van der Waals surface area (Å²) in [4.78, 5) is 59.1. The zero-order chi connectivity index (χ0) is 31.8. The lowest BCUT2D eigenvalue weighted by molar-refractivity contribution is 0.0877. The van der Waals surface area contributed by atoms with Crippen LogP contribution in [0.5, 0.6) is 0 Å². The summed E-state index contributed by atoms with van der Waals surface area (Å²) in [5, 5.41) is 6.81. The Kier molecular flexibility index (Phi) is 5.10. The summed E-state index contributed by atoms with van der Waals surface area (Å²) in [5.74, 6) is -1.41. The maximum Gasteiger partial charge on any atom is 0.265 e. The van der Waals surface area contributed by atoms with Crippen LogP contribution in [0.2, 0.25) is 0 Å². The first-order chi connectivity index (χ1) is 22.2. The van der Waals surface area contributed by atoms with E-state index in [0.717, 1.165) is 54.6 Å². The van der Waals surface area contributed by atoms with E-state index in [1.807, 2.05) is 88.4 Å². The number of para-hydroxylation sites is 2. The number of aryl methyl sites for hydroxylation is 4. The molecule has 0 N–H and O–H groups in total. The Morgan fingerprint density at radius 3 is 0.870 bits per heavy atom. The van der Waals surface area contributed by atoms with Gasteiger partial charge in [0.1, 0.15) is 0 Å². The molecule has 0 atom stereocenters. The van der Waals surface area contributed by atoms with E-state index >= 15 is 0 Å². The van der Waals surface area contributed by atoms with Gasteiger partial charge in [0.15, 0.2) is 0 Å². The lowest BCUT2D eigenvalue weighted by Crippen LogP contribution is -2.41. The van der Waals surface area contributed by atoms with Gasteiger partial charge in [-0.2, -0.15) is 0 Å². The number of carbonyl (C=O) groups is 4. The molecule has 0 fully saturated rings. The van der Waals surface area contributed by atoms with Crippen LogP contribution in [0.4, 0.5) is 11.4 Å². The van der Waals surface area contributed by atoms with Crippen molar-refractivity contribution in [3.8, 4) is 0 Å². The first kappa shape index (κ1) is 26.5. The van der Waals surface area contributed by atoms with E-state index in [9.17, 15) is 19.2 Å². The third kappa shape index (κ3) is 3.10. The summed E-state index contributed by atoms with van der Waals surface area (Å²) < 4.78 is 0. The second kappa shape index (κ2) is 8.86. The van der Waals surface area contributed by atoms with Crippen molar-refractivity contribution in [1.82, 2.24) is 0 Å². The number of amides is 4. The molecule has 46 heavy (non-hydrogen) atoms. The third-order valence-electron chi connectivity index (χ3n) is 9.86. The number of imide groups is 2. The molecule has 220 valence electrons. The van der Waals surface area contributed by atoms with Gasteiger partial charge >= 0.3 is 0 Å². The normalized spacial score (nSPS) is 14.6. The van der Waals surface area contributed by atoms with Crippen LogP contribution in [-0.2, 0) is 0 Å². The number of carbonyl (C=O) groups excluding carboxylic acids is 4. The number of fused-ring (bicyclic) bond motifs is 2. The van der Waals surface area contributed by atoms with Crippen molar-refractivity contribution in [2.45, 2.75) is 27.7 Å². The Balaban J connectivity index is 1.45. The lowest BCUT2D eigenvalue weighted by Gasteiger charge is -2.32. The molecule has 2 aliphatic rings. The third-order valence-corrected chi connectivity index (χ3v) is 9.86. The van der Waals surface area contributed by atoms with E-state index in [2.05, 4.69) is 0 Å². The summed E-state index contributed by atoms with van der Waals surface area (Å²) in [6.07, 6.45) is 0. The van der Waals surface area contributed by atoms with Crippen molar-refractivity contribution in [2.24, 2.45) is 0 Å². The molecule has 2 aliphatic heterocycles. The van der Waals surface area contributed by atoms with Crippen LogP contribution in [-0.4, -0.2) is 23.6 Å². The number of hydrogen-bond donors (Lipinski definition) is 0. The summed E-state index contributed by atoms with van der Waals surface area (Å²) in [5.41, 5.74) is 6.58. The van der Waals surface area contributed by atoms with Crippen LogP contribution >= 0.6 is 0 Å². The van der Waals surface area contributed by atoms with E-state index in [1.54, 1.807) is 24.3 Å². The van der Waals surface area contributed by atoms with E-state index in [0.29, 0.717) is 44.4 Å². The van der Waals surface area contributed by atoms with E-state index < -0.39 is 0 Å².